The van der Waals surface area contributed by atoms with Crippen molar-refractivity contribution in [3.8, 4) is 0 Å². The SMILES string of the molecule is CC1=C(c2ccccc2)C(=O)N(C(C)(C)Cc2ccccc2)CO1. The molecule has 0 saturated heterocycles. The zero-order valence-corrected chi connectivity index (χ0v) is 14.5. The standard InChI is InChI=1S/C21H23NO2/c1-16-19(18-12-8-5-9-13-18)20(23)22(15-24-16)21(2,3)14-17-10-6-4-7-11-17/h4-13H,14-15H2,1-3H3. The molecule has 0 atom stereocenters. The van der Waals surface area contributed by atoms with Crippen LogP contribution < -0.4 is 0 Å². The highest BCUT2D eigenvalue weighted by molar-refractivity contribution is 6.20. The maximum absolute atomic E-state index is 13.2. The fourth-order valence-electron chi connectivity index (χ4n) is 3.15. The average molecular weight is 321 g/mol. The molecule has 2 aromatic rings. The van der Waals surface area contributed by atoms with E-state index >= 15 is 0 Å². The molecule has 1 aliphatic heterocycles. The average Bonchev–Trinajstić information content (AvgIpc) is 2.56. The minimum Gasteiger partial charge on any atom is -0.477 e. The lowest BCUT2D eigenvalue weighted by Crippen LogP contribution is -2.52. The Hall–Kier alpha value is -2.55. The molecule has 0 fully saturated rings. The minimum atomic E-state index is -0.334. The molecule has 0 unspecified atom stereocenters. The van der Waals surface area contributed by atoms with Crippen LogP contribution in [0.15, 0.2) is 66.4 Å². The molecule has 1 aliphatic rings. The van der Waals surface area contributed by atoms with Gasteiger partial charge in [-0.25, -0.2) is 0 Å². The van der Waals surface area contributed by atoms with E-state index in [9.17, 15) is 4.79 Å². The summed E-state index contributed by atoms with van der Waals surface area (Å²) in [5.74, 6) is 0.726. The third kappa shape index (κ3) is 3.21. The molecule has 1 amide bonds. The molecule has 0 N–H and O–H groups in total. The van der Waals surface area contributed by atoms with Gasteiger partial charge >= 0.3 is 0 Å². The third-order valence-electron chi connectivity index (χ3n) is 4.49. The van der Waals surface area contributed by atoms with E-state index in [2.05, 4.69) is 26.0 Å². The quantitative estimate of drug-likeness (QED) is 0.842. The monoisotopic (exact) mass is 321 g/mol. The van der Waals surface area contributed by atoms with Crippen molar-refractivity contribution in [2.75, 3.05) is 6.73 Å². The normalized spacial score (nSPS) is 15.5. The van der Waals surface area contributed by atoms with E-state index in [1.165, 1.54) is 5.56 Å². The smallest absolute Gasteiger partial charge is 0.260 e. The molecule has 0 radical (unpaired) electrons. The van der Waals surface area contributed by atoms with E-state index in [-0.39, 0.29) is 11.4 Å². The van der Waals surface area contributed by atoms with Crippen molar-refractivity contribution in [1.29, 1.82) is 0 Å². The van der Waals surface area contributed by atoms with Crippen LogP contribution in [-0.2, 0) is 16.0 Å². The Balaban J connectivity index is 1.89. The molecule has 0 bridgehead atoms. The summed E-state index contributed by atoms with van der Waals surface area (Å²) in [4.78, 5) is 15.0. The first-order chi connectivity index (χ1) is 11.5. The predicted molar refractivity (Wildman–Crippen MR) is 96.1 cm³/mol. The number of hydrogen-bond acceptors (Lipinski definition) is 2. The van der Waals surface area contributed by atoms with Crippen molar-refractivity contribution in [3.05, 3.63) is 77.5 Å². The van der Waals surface area contributed by atoms with E-state index in [0.29, 0.717) is 18.1 Å². The van der Waals surface area contributed by atoms with Crippen molar-refractivity contribution < 1.29 is 9.53 Å². The number of hydrogen-bond donors (Lipinski definition) is 0. The lowest BCUT2D eigenvalue weighted by atomic mass is 9.91. The van der Waals surface area contributed by atoms with Crippen LogP contribution in [0.5, 0.6) is 0 Å². The molecule has 3 heteroatoms. The summed E-state index contributed by atoms with van der Waals surface area (Å²) in [6, 6.07) is 20.0. The third-order valence-corrected chi connectivity index (χ3v) is 4.49. The van der Waals surface area contributed by atoms with Crippen LogP contribution >= 0.6 is 0 Å². The summed E-state index contributed by atoms with van der Waals surface area (Å²) >= 11 is 0. The van der Waals surface area contributed by atoms with Crippen molar-refractivity contribution in [2.45, 2.75) is 32.7 Å². The van der Waals surface area contributed by atoms with Crippen molar-refractivity contribution in [1.82, 2.24) is 4.90 Å². The lowest BCUT2D eigenvalue weighted by Gasteiger charge is -2.41. The van der Waals surface area contributed by atoms with Gasteiger partial charge < -0.3 is 4.74 Å². The summed E-state index contributed by atoms with van der Waals surface area (Å²) in [5, 5.41) is 0. The molecule has 0 aliphatic carbocycles. The van der Waals surface area contributed by atoms with Crippen molar-refractivity contribution >= 4 is 11.5 Å². The number of ether oxygens (including phenoxy) is 1. The van der Waals surface area contributed by atoms with Gasteiger partial charge in [0.1, 0.15) is 5.76 Å². The van der Waals surface area contributed by atoms with Crippen LogP contribution in [0.3, 0.4) is 0 Å². The first-order valence-electron chi connectivity index (χ1n) is 8.24. The van der Waals surface area contributed by atoms with Gasteiger partial charge in [0.15, 0.2) is 6.73 Å². The highest BCUT2D eigenvalue weighted by Crippen LogP contribution is 2.31. The van der Waals surface area contributed by atoms with Gasteiger partial charge in [0, 0.05) is 5.54 Å². The Labute approximate surface area is 143 Å². The molecular formula is C21H23NO2. The van der Waals surface area contributed by atoms with Crippen molar-refractivity contribution in [2.24, 2.45) is 0 Å². The number of carbonyl (C=O) groups excluding carboxylic acids is 1. The zero-order valence-electron chi connectivity index (χ0n) is 14.5. The largest absolute Gasteiger partial charge is 0.477 e. The molecule has 2 aromatic carbocycles. The van der Waals surface area contributed by atoms with Crippen LogP contribution in [0.25, 0.3) is 5.57 Å². The fourth-order valence-corrected chi connectivity index (χ4v) is 3.15. The van der Waals surface area contributed by atoms with Crippen LogP contribution in [0.2, 0.25) is 0 Å². The van der Waals surface area contributed by atoms with Crippen LogP contribution in [0, 0.1) is 0 Å². The number of benzene rings is 2. The van der Waals surface area contributed by atoms with Crippen molar-refractivity contribution in [3.63, 3.8) is 0 Å². The second-order valence-corrected chi connectivity index (χ2v) is 6.78. The number of amides is 1. The molecule has 3 nitrogen and oxygen atoms in total. The molecular weight excluding hydrogens is 298 g/mol. The second-order valence-electron chi connectivity index (χ2n) is 6.78. The van der Waals surface area contributed by atoms with E-state index < -0.39 is 0 Å². The molecule has 0 saturated carbocycles. The fraction of sp³-hybridized carbons (Fsp3) is 0.286. The van der Waals surface area contributed by atoms with Gasteiger partial charge in [-0.15, -0.1) is 0 Å². The minimum absolute atomic E-state index is 0.0332. The maximum Gasteiger partial charge on any atom is 0.260 e. The van der Waals surface area contributed by atoms with Gasteiger partial charge in [-0.05, 0) is 38.3 Å². The Kier molecular flexibility index (Phi) is 4.43. The Morgan fingerprint density at radius 2 is 1.58 bits per heavy atom. The summed E-state index contributed by atoms with van der Waals surface area (Å²) in [5.41, 5.74) is 2.44. The Bertz CT molecular complexity index is 748. The van der Waals surface area contributed by atoms with Gasteiger partial charge in [0.05, 0.1) is 5.57 Å². The first-order valence-corrected chi connectivity index (χ1v) is 8.24. The number of nitrogens with zero attached hydrogens (tertiary/aromatic N) is 1. The van der Waals surface area contributed by atoms with Gasteiger partial charge in [0.2, 0.25) is 0 Å². The first kappa shape index (κ1) is 16.3. The number of carbonyl (C=O) groups is 1. The lowest BCUT2D eigenvalue weighted by molar-refractivity contribution is -0.138. The number of allylic oxidation sites excluding steroid dienone is 1. The van der Waals surface area contributed by atoms with Crippen LogP contribution in [0.1, 0.15) is 31.9 Å². The highest BCUT2D eigenvalue weighted by atomic mass is 16.5. The molecule has 1 heterocycles. The summed E-state index contributed by atoms with van der Waals surface area (Å²) in [6.07, 6.45) is 0.782. The highest BCUT2D eigenvalue weighted by Gasteiger charge is 2.37. The molecule has 3 rings (SSSR count). The Morgan fingerprint density at radius 3 is 2.21 bits per heavy atom. The van der Waals surface area contributed by atoms with Gasteiger partial charge in [-0.2, -0.15) is 0 Å². The topological polar surface area (TPSA) is 29.5 Å². The van der Waals surface area contributed by atoms with Gasteiger partial charge in [-0.3, -0.25) is 9.69 Å². The zero-order chi connectivity index (χ0) is 17.2. The summed E-state index contributed by atoms with van der Waals surface area (Å²) in [6.45, 7) is 6.33. The van der Waals surface area contributed by atoms with Crippen LogP contribution in [0.4, 0.5) is 0 Å². The Morgan fingerprint density at radius 1 is 1.00 bits per heavy atom. The maximum atomic E-state index is 13.2. The van der Waals surface area contributed by atoms with E-state index in [1.54, 1.807) is 0 Å². The number of rotatable bonds is 4. The summed E-state index contributed by atoms with van der Waals surface area (Å²) < 4.78 is 5.84. The molecule has 0 spiro atoms. The van der Waals surface area contributed by atoms with E-state index in [4.69, 9.17) is 4.74 Å². The van der Waals surface area contributed by atoms with E-state index in [1.807, 2.05) is 60.4 Å². The molecule has 24 heavy (non-hydrogen) atoms. The van der Waals surface area contributed by atoms with Gasteiger partial charge in [0.25, 0.3) is 5.91 Å². The predicted octanol–water partition coefficient (Wildman–Crippen LogP) is 4.26. The van der Waals surface area contributed by atoms with Gasteiger partial charge in [-0.1, -0.05) is 60.7 Å². The molecule has 0 aromatic heterocycles. The molecule has 124 valence electrons. The van der Waals surface area contributed by atoms with E-state index in [0.717, 1.165) is 12.0 Å². The summed E-state index contributed by atoms with van der Waals surface area (Å²) in [7, 11) is 0. The van der Waals surface area contributed by atoms with Crippen LogP contribution in [-0.4, -0.2) is 23.1 Å². The second kappa shape index (κ2) is 6.52.